The maximum Gasteiger partial charge on any atom is 0.236 e. The Labute approximate surface area is 126 Å². The van der Waals surface area contributed by atoms with Gasteiger partial charge in [-0.3, -0.25) is 4.79 Å². The van der Waals surface area contributed by atoms with Crippen molar-refractivity contribution in [2.24, 2.45) is 0 Å². The number of aliphatic hydroxyl groups is 1. The van der Waals surface area contributed by atoms with Gasteiger partial charge in [0.2, 0.25) is 5.91 Å². The minimum Gasteiger partial charge on any atom is -0.491 e. The highest BCUT2D eigenvalue weighted by Gasteiger charge is 2.09. The van der Waals surface area contributed by atoms with Crippen LogP contribution in [-0.4, -0.2) is 55.3 Å². The molecule has 1 atom stereocenters. The van der Waals surface area contributed by atoms with E-state index in [1.54, 1.807) is 11.9 Å². The van der Waals surface area contributed by atoms with Crippen LogP contribution in [0.15, 0.2) is 24.3 Å². The second-order valence-corrected chi connectivity index (χ2v) is 5.00. The van der Waals surface area contributed by atoms with E-state index in [-0.39, 0.29) is 19.1 Å². The highest BCUT2D eigenvalue weighted by Crippen LogP contribution is 2.12. The summed E-state index contributed by atoms with van der Waals surface area (Å²) < 4.78 is 5.51. The normalized spacial score (nSPS) is 12.0. The maximum absolute atomic E-state index is 11.5. The lowest BCUT2D eigenvalue weighted by molar-refractivity contribution is -0.128. The van der Waals surface area contributed by atoms with E-state index in [1.165, 1.54) is 5.56 Å². The fourth-order valence-electron chi connectivity index (χ4n) is 1.73. The molecule has 1 amide bonds. The van der Waals surface area contributed by atoms with Gasteiger partial charge < -0.3 is 20.1 Å². The highest BCUT2D eigenvalue weighted by atomic mass is 16.5. The smallest absolute Gasteiger partial charge is 0.236 e. The fourth-order valence-corrected chi connectivity index (χ4v) is 1.73. The van der Waals surface area contributed by atoms with E-state index < -0.39 is 6.10 Å². The van der Waals surface area contributed by atoms with Crippen LogP contribution in [0.5, 0.6) is 5.75 Å². The van der Waals surface area contributed by atoms with Crippen LogP contribution in [0.25, 0.3) is 0 Å². The van der Waals surface area contributed by atoms with Gasteiger partial charge in [-0.25, -0.2) is 0 Å². The zero-order chi connectivity index (χ0) is 15.7. The molecule has 0 heterocycles. The van der Waals surface area contributed by atoms with E-state index in [2.05, 4.69) is 12.2 Å². The van der Waals surface area contributed by atoms with Gasteiger partial charge in [0.1, 0.15) is 18.5 Å². The number of ether oxygens (including phenoxy) is 1. The van der Waals surface area contributed by atoms with Gasteiger partial charge in [-0.2, -0.15) is 0 Å². The van der Waals surface area contributed by atoms with Crippen LogP contribution < -0.4 is 10.1 Å². The van der Waals surface area contributed by atoms with Crippen LogP contribution in [0.1, 0.15) is 19.4 Å². The predicted molar refractivity (Wildman–Crippen MR) is 83.5 cm³/mol. The molecule has 1 rings (SSSR count). The number of carbonyl (C=O) groups excluding carboxylic acids is 1. The number of hydrogen-bond acceptors (Lipinski definition) is 4. The third-order valence-corrected chi connectivity index (χ3v) is 3.33. The van der Waals surface area contributed by atoms with Crippen molar-refractivity contribution in [1.82, 2.24) is 10.2 Å². The second kappa shape index (κ2) is 9.37. The van der Waals surface area contributed by atoms with Crippen molar-refractivity contribution in [2.45, 2.75) is 26.4 Å². The van der Waals surface area contributed by atoms with Crippen LogP contribution in [0.2, 0.25) is 0 Å². The molecule has 1 aromatic rings. The summed E-state index contributed by atoms with van der Waals surface area (Å²) in [6.07, 6.45) is 0.350. The molecule has 0 aromatic heterocycles. The van der Waals surface area contributed by atoms with Gasteiger partial charge in [0.05, 0.1) is 6.54 Å². The van der Waals surface area contributed by atoms with Crippen LogP contribution in [0.3, 0.4) is 0 Å². The Hall–Kier alpha value is -1.59. The first-order valence-electron chi connectivity index (χ1n) is 7.41. The fraction of sp³-hybridized carbons (Fsp3) is 0.562. The summed E-state index contributed by atoms with van der Waals surface area (Å²) in [7, 11) is 1.75. The van der Waals surface area contributed by atoms with Gasteiger partial charge in [-0.05, 0) is 31.0 Å². The molecular formula is C16H26N2O3. The third kappa shape index (κ3) is 6.60. The zero-order valence-corrected chi connectivity index (χ0v) is 13.1. The minimum atomic E-state index is -0.643. The number of amides is 1. The molecular weight excluding hydrogens is 268 g/mol. The molecule has 21 heavy (non-hydrogen) atoms. The summed E-state index contributed by atoms with van der Waals surface area (Å²) in [6.45, 7) is 5.46. The van der Waals surface area contributed by atoms with E-state index in [1.807, 2.05) is 31.2 Å². The molecule has 0 radical (unpaired) electrons. The van der Waals surface area contributed by atoms with Crippen molar-refractivity contribution < 1.29 is 14.6 Å². The number of nitrogens with one attached hydrogen (secondary N) is 1. The summed E-state index contributed by atoms with van der Waals surface area (Å²) in [6, 6.07) is 7.83. The lowest BCUT2D eigenvalue weighted by atomic mass is 10.2. The van der Waals surface area contributed by atoms with Gasteiger partial charge in [0, 0.05) is 20.1 Å². The summed E-state index contributed by atoms with van der Waals surface area (Å²) in [5.74, 6) is 0.758. The quantitative estimate of drug-likeness (QED) is 0.715. The lowest BCUT2D eigenvalue weighted by Gasteiger charge is -2.16. The molecule has 0 fully saturated rings. The Morgan fingerprint density at radius 1 is 1.33 bits per heavy atom. The highest BCUT2D eigenvalue weighted by molar-refractivity contribution is 5.77. The molecule has 1 aromatic carbocycles. The van der Waals surface area contributed by atoms with Crippen molar-refractivity contribution in [3.05, 3.63) is 29.8 Å². The Morgan fingerprint density at radius 2 is 2.00 bits per heavy atom. The molecule has 1 unspecified atom stereocenters. The van der Waals surface area contributed by atoms with Crippen molar-refractivity contribution in [3.8, 4) is 5.75 Å². The molecule has 0 spiro atoms. The number of benzene rings is 1. The first kappa shape index (κ1) is 17.5. The van der Waals surface area contributed by atoms with E-state index in [9.17, 15) is 9.90 Å². The molecule has 0 saturated heterocycles. The predicted octanol–water partition coefficient (Wildman–Crippen LogP) is 1.06. The van der Waals surface area contributed by atoms with Crippen molar-refractivity contribution in [3.63, 3.8) is 0 Å². The largest absolute Gasteiger partial charge is 0.491 e. The summed E-state index contributed by atoms with van der Waals surface area (Å²) >= 11 is 0. The Bertz CT molecular complexity index is 420. The number of hydrogen-bond donors (Lipinski definition) is 2. The standard InChI is InChI=1S/C16H26N2O3/c1-4-13-6-8-15(9-7-13)21-12-14(19)10-17-11-16(20)18(3)5-2/h6-9,14,17,19H,4-5,10-12H2,1-3H3. The third-order valence-electron chi connectivity index (χ3n) is 3.33. The van der Waals surface area contributed by atoms with Gasteiger partial charge >= 0.3 is 0 Å². The minimum absolute atomic E-state index is 0.0146. The van der Waals surface area contributed by atoms with Crippen molar-refractivity contribution in [2.75, 3.05) is 33.3 Å². The SMILES string of the molecule is CCc1ccc(OCC(O)CNCC(=O)N(C)CC)cc1. The molecule has 0 bridgehead atoms. The summed E-state index contributed by atoms with van der Waals surface area (Å²) in [5, 5.41) is 12.7. The van der Waals surface area contributed by atoms with Crippen molar-refractivity contribution in [1.29, 1.82) is 0 Å². The van der Waals surface area contributed by atoms with E-state index in [4.69, 9.17) is 4.74 Å². The van der Waals surface area contributed by atoms with E-state index >= 15 is 0 Å². The van der Waals surface area contributed by atoms with Gasteiger partial charge in [0.25, 0.3) is 0 Å². The number of likely N-dealkylation sites (N-methyl/N-ethyl adjacent to an activating group) is 1. The Balaban J connectivity index is 2.21. The van der Waals surface area contributed by atoms with E-state index in [0.29, 0.717) is 13.1 Å². The second-order valence-electron chi connectivity index (χ2n) is 5.00. The lowest BCUT2D eigenvalue weighted by Crippen LogP contribution is -2.39. The number of aliphatic hydroxyl groups excluding tert-OH is 1. The molecule has 0 aliphatic rings. The molecule has 0 aliphatic heterocycles. The molecule has 0 aliphatic carbocycles. The molecule has 2 N–H and O–H groups in total. The van der Waals surface area contributed by atoms with E-state index in [0.717, 1.165) is 12.2 Å². The monoisotopic (exact) mass is 294 g/mol. The van der Waals surface area contributed by atoms with Crippen molar-refractivity contribution >= 4 is 5.91 Å². The first-order chi connectivity index (χ1) is 10.1. The van der Waals surface area contributed by atoms with Crippen LogP contribution in [0, 0.1) is 0 Å². The first-order valence-corrected chi connectivity index (χ1v) is 7.41. The summed E-state index contributed by atoms with van der Waals surface area (Å²) in [5.41, 5.74) is 1.25. The molecule has 5 heteroatoms. The molecule has 0 saturated carbocycles. The Morgan fingerprint density at radius 3 is 2.57 bits per heavy atom. The van der Waals surface area contributed by atoms with Crippen LogP contribution in [0.4, 0.5) is 0 Å². The van der Waals surface area contributed by atoms with Gasteiger partial charge in [-0.1, -0.05) is 19.1 Å². The number of rotatable bonds is 9. The van der Waals surface area contributed by atoms with Crippen LogP contribution >= 0.6 is 0 Å². The molecule has 118 valence electrons. The topological polar surface area (TPSA) is 61.8 Å². The zero-order valence-electron chi connectivity index (χ0n) is 13.1. The maximum atomic E-state index is 11.5. The summed E-state index contributed by atoms with van der Waals surface area (Å²) in [4.78, 5) is 13.2. The number of carbonyl (C=O) groups is 1. The molecule has 5 nitrogen and oxygen atoms in total. The average molecular weight is 294 g/mol. The average Bonchev–Trinajstić information content (AvgIpc) is 2.52. The Kier molecular flexibility index (Phi) is 7.79. The van der Waals surface area contributed by atoms with Crippen LogP contribution in [-0.2, 0) is 11.2 Å². The van der Waals surface area contributed by atoms with Gasteiger partial charge in [0.15, 0.2) is 0 Å². The number of aryl methyl sites for hydroxylation is 1. The number of nitrogens with zero attached hydrogens (tertiary/aromatic N) is 1. The van der Waals surface area contributed by atoms with Gasteiger partial charge in [-0.15, -0.1) is 0 Å².